The number of benzene rings is 1. The van der Waals surface area contributed by atoms with Gasteiger partial charge in [-0.1, -0.05) is 29.8 Å². The van der Waals surface area contributed by atoms with Crippen molar-refractivity contribution in [3.8, 4) is 0 Å². The summed E-state index contributed by atoms with van der Waals surface area (Å²) in [5, 5.41) is 0. The molecule has 1 aromatic carbocycles. The van der Waals surface area contributed by atoms with Crippen molar-refractivity contribution in [2.75, 3.05) is 12.3 Å². The summed E-state index contributed by atoms with van der Waals surface area (Å²) in [6.45, 7) is 2.29. The van der Waals surface area contributed by atoms with Crippen molar-refractivity contribution in [3.63, 3.8) is 0 Å². The molecule has 82 valence electrons. The molecule has 2 N–H and O–H groups in total. The van der Waals surface area contributed by atoms with E-state index < -0.39 is 9.84 Å². The molecule has 0 spiro atoms. The first-order chi connectivity index (χ1) is 7.06. The van der Waals surface area contributed by atoms with Gasteiger partial charge in [-0.05, 0) is 19.1 Å². The van der Waals surface area contributed by atoms with Crippen molar-refractivity contribution >= 4 is 9.84 Å². The van der Waals surface area contributed by atoms with E-state index in [-0.39, 0.29) is 5.75 Å². The number of hydrogen-bond donors (Lipinski definition) is 1. The van der Waals surface area contributed by atoms with Crippen LogP contribution >= 0.6 is 0 Å². The molecule has 0 unspecified atom stereocenters. The first-order valence-electron chi connectivity index (χ1n) is 4.71. The monoisotopic (exact) mass is 225 g/mol. The minimum absolute atomic E-state index is 0.00720. The van der Waals surface area contributed by atoms with E-state index in [1.165, 1.54) is 0 Å². The Balaban J connectivity index is 2.87. The number of hydrogen-bond acceptors (Lipinski definition) is 3. The van der Waals surface area contributed by atoms with Gasteiger partial charge in [0.05, 0.1) is 10.6 Å². The summed E-state index contributed by atoms with van der Waals surface area (Å²) in [7, 11) is -3.19. The van der Waals surface area contributed by atoms with E-state index >= 15 is 0 Å². The summed E-state index contributed by atoms with van der Waals surface area (Å²) in [4.78, 5) is 0.356. The first-order valence-corrected chi connectivity index (χ1v) is 6.36. The standard InChI is InChI=1S/C11H15NO2S/c1-10-4-6-11(7-5-10)15(13,14)9-3-2-8-12/h2-7H,8-9,12H2,1H3/b3-2+. The maximum absolute atomic E-state index is 11.7. The SMILES string of the molecule is Cc1ccc(S(=O)(=O)C/C=C/CN)cc1. The highest BCUT2D eigenvalue weighted by molar-refractivity contribution is 7.91. The summed E-state index contributed by atoms with van der Waals surface area (Å²) in [5.41, 5.74) is 6.28. The Morgan fingerprint density at radius 3 is 2.33 bits per heavy atom. The van der Waals surface area contributed by atoms with E-state index in [0.29, 0.717) is 11.4 Å². The van der Waals surface area contributed by atoms with Gasteiger partial charge >= 0.3 is 0 Å². The highest BCUT2D eigenvalue weighted by atomic mass is 32.2. The van der Waals surface area contributed by atoms with Gasteiger partial charge in [-0.15, -0.1) is 0 Å². The smallest absolute Gasteiger partial charge is 0.181 e. The van der Waals surface area contributed by atoms with Crippen LogP contribution in [-0.4, -0.2) is 20.7 Å². The second-order valence-electron chi connectivity index (χ2n) is 3.30. The topological polar surface area (TPSA) is 60.2 Å². The third-order valence-corrected chi connectivity index (χ3v) is 3.62. The minimum Gasteiger partial charge on any atom is -0.327 e. The zero-order valence-corrected chi connectivity index (χ0v) is 9.50. The van der Waals surface area contributed by atoms with Gasteiger partial charge in [-0.25, -0.2) is 8.42 Å². The Bertz CT molecular complexity index is 432. The van der Waals surface area contributed by atoms with Gasteiger partial charge in [0, 0.05) is 6.54 Å². The molecule has 15 heavy (non-hydrogen) atoms. The van der Waals surface area contributed by atoms with E-state index in [1.54, 1.807) is 36.4 Å². The van der Waals surface area contributed by atoms with Crippen LogP contribution in [0.25, 0.3) is 0 Å². The third kappa shape index (κ3) is 3.49. The molecular weight excluding hydrogens is 210 g/mol. The molecule has 0 saturated carbocycles. The van der Waals surface area contributed by atoms with Crippen LogP contribution in [0.5, 0.6) is 0 Å². The van der Waals surface area contributed by atoms with Crippen LogP contribution in [0.1, 0.15) is 5.56 Å². The molecule has 0 heterocycles. The summed E-state index contributed by atoms with van der Waals surface area (Å²) < 4.78 is 23.5. The van der Waals surface area contributed by atoms with Gasteiger partial charge in [0.1, 0.15) is 0 Å². The zero-order chi connectivity index (χ0) is 11.3. The van der Waals surface area contributed by atoms with Crippen molar-refractivity contribution in [2.45, 2.75) is 11.8 Å². The predicted molar refractivity (Wildman–Crippen MR) is 61.4 cm³/mol. The fourth-order valence-corrected chi connectivity index (χ4v) is 2.27. The molecule has 0 radical (unpaired) electrons. The lowest BCUT2D eigenvalue weighted by Crippen LogP contribution is -2.05. The maximum Gasteiger partial charge on any atom is 0.181 e. The average molecular weight is 225 g/mol. The Kier molecular flexibility index (Phi) is 4.05. The van der Waals surface area contributed by atoms with Crippen LogP contribution in [-0.2, 0) is 9.84 Å². The minimum atomic E-state index is -3.19. The second-order valence-corrected chi connectivity index (χ2v) is 5.34. The summed E-state index contributed by atoms with van der Waals surface area (Å²) in [6, 6.07) is 6.83. The first kappa shape index (κ1) is 11.9. The van der Waals surface area contributed by atoms with Crippen LogP contribution in [0.3, 0.4) is 0 Å². The molecule has 0 amide bonds. The van der Waals surface area contributed by atoms with E-state index in [2.05, 4.69) is 0 Å². The van der Waals surface area contributed by atoms with Crippen molar-refractivity contribution in [3.05, 3.63) is 42.0 Å². The molecular formula is C11H15NO2S. The number of nitrogens with two attached hydrogens (primary N) is 1. The van der Waals surface area contributed by atoms with Gasteiger partial charge in [-0.2, -0.15) is 0 Å². The molecule has 0 fully saturated rings. The Labute approximate surface area is 90.5 Å². The van der Waals surface area contributed by atoms with Crippen LogP contribution in [0.15, 0.2) is 41.3 Å². The van der Waals surface area contributed by atoms with Crippen LogP contribution in [0, 0.1) is 6.92 Å². The summed E-state index contributed by atoms with van der Waals surface area (Å²) in [6.07, 6.45) is 3.22. The maximum atomic E-state index is 11.7. The summed E-state index contributed by atoms with van der Waals surface area (Å²) in [5.74, 6) is 0.00720. The molecule has 1 aromatic rings. The molecule has 0 atom stereocenters. The third-order valence-electron chi connectivity index (χ3n) is 2.00. The fourth-order valence-electron chi connectivity index (χ4n) is 1.13. The Morgan fingerprint density at radius 2 is 1.80 bits per heavy atom. The van der Waals surface area contributed by atoms with Crippen LogP contribution < -0.4 is 5.73 Å². The van der Waals surface area contributed by atoms with Crippen molar-refractivity contribution in [2.24, 2.45) is 5.73 Å². The van der Waals surface area contributed by atoms with Gasteiger partial charge in [0.15, 0.2) is 9.84 Å². The lowest BCUT2D eigenvalue weighted by Gasteiger charge is -2.01. The second kappa shape index (κ2) is 5.09. The van der Waals surface area contributed by atoms with Gasteiger partial charge in [0.2, 0.25) is 0 Å². The highest BCUT2D eigenvalue weighted by Crippen LogP contribution is 2.12. The Hall–Kier alpha value is -1.13. The van der Waals surface area contributed by atoms with Crippen LogP contribution in [0.2, 0.25) is 0 Å². The quantitative estimate of drug-likeness (QED) is 0.785. The van der Waals surface area contributed by atoms with Gasteiger partial charge < -0.3 is 5.73 Å². The zero-order valence-electron chi connectivity index (χ0n) is 8.68. The normalized spacial score (nSPS) is 12.1. The average Bonchev–Trinajstić information content (AvgIpc) is 2.18. The molecule has 1 rings (SSSR count). The fraction of sp³-hybridized carbons (Fsp3) is 0.273. The van der Waals surface area contributed by atoms with Gasteiger partial charge in [0.25, 0.3) is 0 Å². The van der Waals surface area contributed by atoms with E-state index in [4.69, 9.17) is 5.73 Å². The predicted octanol–water partition coefficient (Wildman–Crippen LogP) is 1.28. The summed E-state index contributed by atoms with van der Waals surface area (Å²) >= 11 is 0. The molecule has 0 aliphatic rings. The van der Waals surface area contributed by atoms with E-state index in [0.717, 1.165) is 5.56 Å². The number of aryl methyl sites for hydroxylation is 1. The number of sulfone groups is 1. The molecule has 0 aliphatic carbocycles. The van der Waals surface area contributed by atoms with Crippen LogP contribution in [0.4, 0.5) is 0 Å². The molecule has 3 nitrogen and oxygen atoms in total. The lowest BCUT2D eigenvalue weighted by molar-refractivity contribution is 0.599. The Morgan fingerprint density at radius 1 is 1.20 bits per heavy atom. The van der Waals surface area contributed by atoms with Crippen molar-refractivity contribution in [1.82, 2.24) is 0 Å². The molecule has 0 aromatic heterocycles. The van der Waals surface area contributed by atoms with Crippen molar-refractivity contribution < 1.29 is 8.42 Å². The largest absolute Gasteiger partial charge is 0.327 e. The van der Waals surface area contributed by atoms with Crippen molar-refractivity contribution in [1.29, 1.82) is 0 Å². The molecule has 0 saturated heterocycles. The molecule has 4 heteroatoms. The highest BCUT2D eigenvalue weighted by Gasteiger charge is 2.11. The lowest BCUT2D eigenvalue weighted by atomic mass is 10.2. The van der Waals surface area contributed by atoms with E-state index in [9.17, 15) is 8.42 Å². The number of rotatable bonds is 4. The molecule has 0 aliphatic heterocycles. The van der Waals surface area contributed by atoms with E-state index in [1.807, 2.05) is 6.92 Å². The van der Waals surface area contributed by atoms with Gasteiger partial charge in [-0.3, -0.25) is 0 Å². The molecule has 0 bridgehead atoms.